The molecule has 0 spiro atoms. The third-order valence-electron chi connectivity index (χ3n) is 5.97. The number of pyridine rings is 1. The fourth-order valence-corrected chi connectivity index (χ4v) is 4.58. The number of aliphatic hydroxyl groups is 1. The maximum absolute atomic E-state index is 11.2. The molecule has 2 fully saturated rings. The van der Waals surface area contributed by atoms with Crippen molar-refractivity contribution in [2.45, 2.75) is 38.6 Å². The molecule has 5 nitrogen and oxygen atoms in total. The van der Waals surface area contributed by atoms with E-state index in [1.54, 1.807) is 0 Å². The zero-order valence-electron chi connectivity index (χ0n) is 16.2. The van der Waals surface area contributed by atoms with Gasteiger partial charge < -0.3 is 15.2 Å². The Morgan fingerprint density at radius 1 is 1.21 bits per heavy atom. The van der Waals surface area contributed by atoms with Crippen LogP contribution in [0.3, 0.4) is 0 Å². The Hall–Kier alpha value is -2.47. The SMILES string of the molecule is Cc1cccc(Nc2ncc(C(O)N3CC4CC3CO4)c3c(C)cccc23)c1. The van der Waals surface area contributed by atoms with Crippen molar-refractivity contribution in [3.8, 4) is 0 Å². The molecule has 2 saturated heterocycles. The number of morpholine rings is 1. The van der Waals surface area contributed by atoms with Gasteiger partial charge in [0.2, 0.25) is 0 Å². The van der Waals surface area contributed by atoms with Crippen LogP contribution in [0.4, 0.5) is 11.5 Å². The molecule has 2 aliphatic heterocycles. The third kappa shape index (κ3) is 2.96. The predicted octanol–water partition coefficient (Wildman–Crippen LogP) is 4.06. The van der Waals surface area contributed by atoms with E-state index < -0.39 is 6.23 Å². The number of hydrogen-bond donors (Lipinski definition) is 2. The van der Waals surface area contributed by atoms with Gasteiger partial charge in [-0.25, -0.2) is 4.98 Å². The number of fused-ring (bicyclic) bond motifs is 3. The fourth-order valence-electron chi connectivity index (χ4n) is 4.58. The van der Waals surface area contributed by atoms with Crippen molar-refractivity contribution in [2.24, 2.45) is 0 Å². The van der Waals surface area contributed by atoms with Gasteiger partial charge in [-0.15, -0.1) is 0 Å². The lowest BCUT2D eigenvalue weighted by Crippen LogP contribution is -2.39. The Morgan fingerprint density at radius 3 is 2.82 bits per heavy atom. The van der Waals surface area contributed by atoms with Gasteiger partial charge >= 0.3 is 0 Å². The lowest BCUT2D eigenvalue weighted by molar-refractivity contribution is -0.0626. The standard InChI is InChI=1S/C23H25N3O2/c1-14-5-3-7-16(9-14)25-22-19-8-4-6-15(2)21(19)20(11-24-22)23(27)26-12-18-10-17(26)13-28-18/h3-9,11,17-18,23,27H,10,12-13H2,1-2H3,(H,24,25). The zero-order valence-corrected chi connectivity index (χ0v) is 16.2. The predicted molar refractivity (Wildman–Crippen MR) is 111 cm³/mol. The van der Waals surface area contributed by atoms with Crippen LogP contribution in [0.15, 0.2) is 48.7 Å². The van der Waals surface area contributed by atoms with Crippen LogP contribution in [-0.4, -0.2) is 40.3 Å². The van der Waals surface area contributed by atoms with Crippen molar-refractivity contribution in [1.29, 1.82) is 0 Å². The van der Waals surface area contributed by atoms with Crippen molar-refractivity contribution in [1.82, 2.24) is 9.88 Å². The summed E-state index contributed by atoms with van der Waals surface area (Å²) in [6.45, 7) is 5.66. The van der Waals surface area contributed by atoms with Crippen LogP contribution in [0.1, 0.15) is 29.3 Å². The Morgan fingerprint density at radius 2 is 2.07 bits per heavy atom. The van der Waals surface area contributed by atoms with Gasteiger partial charge in [0.25, 0.3) is 0 Å². The number of aryl methyl sites for hydroxylation is 2. The number of nitrogens with zero attached hydrogens (tertiary/aromatic N) is 2. The molecule has 2 bridgehead atoms. The number of aromatic nitrogens is 1. The summed E-state index contributed by atoms with van der Waals surface area (Å²) >= 11 is 0. The molecule has 5 rings (SSSR count). The number of nitrogens with one attached hydrogen (secondary N) is 1. The normalized spacial score (nSPS) is 22.7. The van der Waals surface area contributed by atoms with Crippen molar-refractivity contribution in [2.75, 3.05) is 18.5 Å². The number of aliphatic hydroxyl groups excluding tert-OH is 1. The average molecular weight is 375 g/mol. The second-order valence-corrected chi connectivity index (χ2v) is 7.97. The first-order valence-corrected chi connectivity index (χ1v) is 9.87. The molecule has 0 amide bonds. The molecule has 1 aromatic heterocycles. The monoisotopic (exact) mass is 375 g/mol. The van der Waals surface area contributed by atoms with E-state index in [1.165, 1.54) is 5.56 Å². The number of benzene rings is 2. The first-order valence-electron chi connectivity index (χ1n) is 9.87. The summed E-state index contributed by atoms with van der Waals surface area (Å²) in [5, 5.41) is 16.7. The first kappa shape index (κ1) is 17.6. The molecule has 2 N–H and O–H groups in total. The fraction of sp³-hybridized carbons (Fsp3) is 0.348. The highest BCUT2D eigenvalue weighted by Crippen LogP contribution is 2.38. The van der Waals surface area contributed by atoms with Gasteiger partial charge in [0.05, 0.1) is 12.7 Å². The third-order valence-corrected chi connectivity index (χ3v) is 5.97. The summed E-state index contributed by atoms with van der Waals surface area (Å²) in [6, 6.07) is 14.8. The minimum absolute atomic E-state index is 0.252. The van der Waals surface area contributed by atoms with E-state index in [4.69, 9.17) is 9.72 Å². The van der Waals surface area contributed by atoms with Gasteiger partial charge in [-0.2, -0.15) is 0 Å². The Bertz CT molecular complexity index is 1040. The molecule has 0 radical (unpaired) electrons. The Labute approximate surface area is 165 Å². The second-order valence-electron chi connectivity index (χ2n) is 7.97. The van der Waals surface area contributed by atoms with Crippen LogP contribution in [0.5, 0.6) is 0 Å². The van der Waals surface area contributed by atoms with Crippen LogP contribution in [0.2, 0.25) is 0 Å². The topological polar surface area (TPSA) is 57.6 Å². The Balaban J connectivity index is 1.56. The van der Waals surface area contributed by atoms with Crippen LogP contribution >= 0.6 is 0 Å². The molecule has 3 atom stereocenters. The molecule has 3 heterocycles. The molecule has 0 aliphatic carbocycles. The van der Waals surface area contributed by atoms with Gasteiger partial charge in [-0.1, -0.05) is 30.3 Å². The van der Waals surface area contributed by atoms with Gasteiger partial charge in [0, 0.05) is 35.4 Å². The summed E-state index contributed by atoms with van der Waals surface area (Å²) in [5.74, 6) is 0.812. The molecule has 28 heavy (non-hydrogen) atoms. The maximum atomic E-state index is 11.2. The van der Waals surface area contributed by atoms with Crippen LogP contribution < -0.4 is 5.32 Å². The lowest BCUT2D eigenvalue weighted by atomic mass is 10.00. The minimum atomic E-state index is -0.664. The van der Waals surface area contributed by atoms with Gasteiger partial charge in [0.1, 0.15) is 12.0 Å². The number of anilines is 2. The highest BCUT2D eigenvalue weighted by molar-refractivity contribution is 5.97. The van der Waals surface area contributed by atoms with Gasteiger partial charge in [-0.05, 0) is 48.9 Å². The quantitative estimate of drug-likeness (QED) is 0.720. The van der Waals surface area contributed by atoms with Gasteiger partial charge in [0.15, 0.2) is 0 Å². The van der Waals surface area contributed by atoms with E-state index in [9.17, 15) is 5.11 Å². The molecule has 144 valence electrons. The highest BCUT2D eigenvalue weighted by atomic mass is 16.5. The number of rotatable bonds is 4. The number of hydrogen-bond acceptors (Lipinski definition) is 5. The van der Waals surface area contributed by atoms with Crippen LogP contribution in [0.25, 0.3) is 10.8 Å². The molecule has 2 aromatic carbocycles. The first-order chi connectivity index (χ1) is 13.6. The van der Waals surface area contributed by atoms with E-state index in [0.29, 0.717) is 12.6 Å². The second kappa shape index (κ2) is 6.85. The molecule has 3 unspecified atom stereocenters. The van der Waals surface area contributed by atoms with Crippen LogP contribution in [0, 0.1) is 13.8 Å². The van der Waals surface area contributed by atoms with Gasteiger partial charge in [-0.3, -0.25) is 4.90 Å². The van der Waals surface area contributed by atoms with Crippen LogP contribution in [-0.2, 0) is 4.74 Å². The van der Waals surface area contributed by atoms with Crippen molar-refractivity contribution >= 4 is 22.3 Å². The van der Waals surface area contributed by atoms with E-state index >= 15 is 0 Å². The smallest absolute Gasteiger partial charge is 0.138 e. The highest BCUT2D eigenvalue weighted by Gasteiger charge is 2.42. The minimum Gasteiger partial charge on any atom is -0.375 e. The molecular formula is C23H25N3O2. The van der Waals surface area contributed by atoms with Crippen molar-refractivity contribution in [3.05, 3.63) is 65.4 Å². The van der Waals surface area contributed by atoms with Crippen molar-refractivity contribution < 1.29 is 9.84 Å². The maximum Gasteiger partial charge on any atom is 0.138 e. The van der Waals surface area contributed by atoms with E-state index in [-0.39, 0.29) is 6.10 Å². The van der Waals surface area contributed by atoms with E-state index in [2.05, 4.69) is 48.3 Å². The number of ether oxygens (including phenoxy) is 1. The van der Waals surface area contributed by atoms with E-state index in [0.717, 1.165) is 46.4 Å². The summed E-state index contributed by atoms with van der Waals surface area (Å²) in [6.07, 6.45) is 2.42. The summed E-state index contributed by atoms with van der Waals surface area (Å²) in [5.41, 5.74) is 4.22. The zero-order chi connectivity index (χ0) is 19.3. The number of likely N-dealkylation sites (tertiary alicyclic amines) is 1. The lowest BCUT2D eigenvalue weighted by Gasteiger charge is -2.32. The van der Waals surface area contributed by atoms with Crippen molar-refractivity contribution in [3.63, 3.8) is 0 Å². The molecule has 3 aromatic rings. The average Bonchev–Trinajstić information content (AvgIpc) is 3.32. The summed E-state index contributed by atoms with van der Waals surface area (Å²) < 4.78 is 5.70. The molecular weight excluding hydrogens is 350 g/mol. The summed E-state index contributed by atoms with van der Waals surface area (Å²) in [4.78, 5) is 6.86. The molecule has 2 aliphatic rings. The van der Waals surface area contributed by atoms with E-state index in [1.807, 2.05) is 24.4 Å². The molecule has 0 saturated carbocycles. The summed E-state index contributed by atoms with van der Waals surface area (Å²) in [7, 11) is 0. The Kier molecular flexibility index (Phi) is 4.31. The largest absolute Gasteiger partial charge is 0.375 e. The molecule has 5 heteroatoms.